The Balaban J connectivity index is 1.64. The Hall–Kier alpha value is -1.99. The molecule has 110 valence electrons. The average Bonchev–Trinajstić information content (AvgIpc) is 3.09. The van der Waals surface area contributed by atoms with E-state index >= 15 is 0 Å². The van der Waals surface area contributed by atoms with Gasteiger partial charge >= 0.3 is 5.82 Å². The maximum Gasteiger partial charge on any atom is 0.352 e. The van der Waals surface area contributed by atoms with Gasteiger partial charge in [-0.25, -0.2) is 4.98 Å². The van der Waals surface area contributed by atoms with Gasteiger partial charge in [0.15, 0.2) is 5.69 Å². The minimum Gasteiger partial charge on any atom is -0.358 e. The van der Waals surface area contributed by atoms with Gasteiger partial charge in [-0.3, -0.25) is 4.90 Å². The molecule has 2 aliphatic rings. The number of imidazole rings is 1. The molecule has 7 heteroatoms. The van der Waals surface area contributed by atoms with Crippen LogP contribution in [-0.2, 0) is 6.54 Å². The molecule has 2 atom stereocenters. The third kappa shape index (κ3) is 2.09. The molecule has 4 heterocycles. The van der Waals surface area contributed by atoms with Gasteiger partial charge < -0.3 is 15.4 Å². The fourth-order valence-corrected chi connectivity index (χ4v) is 3.62. The fraction of sp³-hybridized carbons (Fsp3) is 0.500. The minimum atomic E-state index is -0.326. The third-order valence-corrected chi connectivity index (χ3v) is 4.59. The summed E-state index contributed by atoms with van der Waals surface area (Å²) in [4.78, 5) is 17.8. The molecule has 0 aliphatic carbocycles. The van der Waals surface area contributed by atoms with E-state index in [1.54, 1.807) is 22.7 Å². The van der Waals surface area contributed by atoms with Crippen LogP contribution in [0.3, 0.4) is 0 Å². The van der Waals surface area contributed by atoms with E-state index in [1.807, 2.05) is 6.07 Å². The van der Waals surface area contributed by atoms with Crippen molar-refractivity contribution in [2.75, 3.05) is 26.2 Å². The normalized spacial score (nSPS) is 25.5. The zero-order chi connectivity index (χ0) is 14.4. The van der Waals surface area contributed by atoms with Gasteiger partial charge in [0.25, 0.3) is 0 Å². The standard InChI is InChI=1S/C14H17N5O2/c20-19(21)14-12(16-13-3-1-2-4-18(13)14)9-17-7-10-5-15-6-11(10)8-17/h1-4,10-11,15H,5-9H2/t10-,11+. The van der Waals surface area contributed by atoms with Gasteiger partial charge in [-0.2, -0.15) is 4.40 Å². The van der Waals surface area contributed by atoms with Gasteiger partial charge in [0, 0.05) is 25.7 Å². The predicted octanol–water partition coefficient (Wildman–Crippen LogP) is 0.894. The van der Waals surface area contributed by atoms with Crippen LogP contribution in [0.4, 0.5) is 5.82 Å². The van der Waals surface area contributed by atoms with Crippen molar-refractivity contribution in [3.63, 3.8) is 0 Å². The van der Waals surface area contributed by atoms with Gasteiger partial charge in [-0.15, -0.1) is 0 Å². The monoisotopic (exact) mass is 287 g/mol. The van der Waals surface area contributed by atoms with Crippen molar-refractivity contribution >= 4 is 11.5 Å². The smallest absolute Gasteiger partial charge is 0.352 e. The molecule has 2 aromatic rings. The zero-order valence-electron chi connectivity index (χ0n) is 11.6. The molecule has 2 aliphatic heterocycles. The van der Waals surface area contributed by atoms with Gasteiger partial charge in [-0.1, -0.05) is 6.07 Å². The van der Waals surface area contributed by atoms with Crippen LogP contribution >= 0.6 is 0 Å². The van der Waals surface area contributed by atoms with Crippen LogP contribution in [0.1, 0.15) is 5.69 Å². The van der Waals surface area contributed by atoms with Gasteiger partial charge in [0.2, 0.25) is 5.65 Å². The first kappa shape index (κ1) is 12.7. The highest BCUT2D eigenvalue weighted by molar-refractivity contribution is 5.48. The topological polar surface area (TPSA) is 75.7 Å². The van der Waals surface area contributed by atoms with Crippen molar-refractivity contribution < 1.29 is 4.92 Å². The number of likely N-dealkylation sites (tertiary alicyclic amines) is 1. The number of hydrogen-bond acceptors (Lipinski definition) is 5. The molecule has 0 amide bonds. The van der Waals surface area contributed by atoms with E-state index in [0.29, 0.717) is 29.7 Å². The Morgan fingerprint density at radius 1 is 1.33 bits per heavy atom. The second-order valence-electron chi connectivity index (χ2n) is 5.94. The van der Waals surface area contributed by atoms with Gasteiger partial charge in [0.05, 0.1) is 6.20 Å². The summed E-state index contributed by atoms with van der Waals surface area (Å²) in [6, 6.07) is 5.44. The zero-order valence-corrected chi connectivity index (χ0v) is 11.6. The summed E-state index contributed by atoms with van der Waals surface area (Å²) < 4.78 is 1.56. The highest BCUT2D eigenvalue weighted by atomic mass is 16.6. The molecule has 2 saturated heterocycles. The van der Waals surface area contributed by atoms with Crippen molar-refractivity contribution in [3.05, 3.63) is 40.2 Å². The van der Waals surface area contributed by atoms with Crippen LogP contribution in [0.5, 0.6) is 0 Å². The summed E-state index contributed by atoms with van der Waals surface area (Å²) in [5.74, 6) is 1.46. The minimum absolute atomic E-state index is 0.0979. The fourth-order valence-electron chi connectivity index (χ4n) is 3.62. The molecular formula is C14H17N5O2. The number of aromatic nitrogens is 2. The Morgan fingerprint density at radius 2 is 2.10 bits per heavy atom. The molecule has 0 bridgehead atoms. The number of nitro groups is 1. The van der Waals surface area contributed by atoms with E-state index < -0.39 is 0 Å². The van der Waals surface area contributed by atoms with E-state index in [1.165, 1.54) is 0 Å². The van der Waals surface area contributed by atoms with Crippen molar-refractivity contribution in [2.24, 2.45) is 11.8 Å². The van der Waals surface area contributed by atoms with Crippen LogP contribution in [0, 0.1) is 22.0 Å². The summed E-state index contributed by atoms with van der Waals surface area (Å²) in [5, 5.41) is 14.8. The summed E-state index contributed by atoms with van der Waals surface area (Å²) in [6.07, 6.45) is 1.70. The number of hydrogen-bond donors (Lipinski definition) is 1. The Kier molecular flexibility index (Phi) is 2.90. The van der Waals surface area contributed by atoms with Crippen molar-refractivity contribution in [1.82, 2.24) is 19.6 Å². The largest absolute Gasteiger partial charge is 0.358 e. The maximum absolute atomic E-state index is 11.4. The molecule has 0 spiro atoms. The summed E-state index contributed by atoms with van der Waals surface area (Å²) in [7, 11) is 0. The maximum atomic E-state index is 11.4. The van der Waals surface area contributed by atoms with E-state index in [0.717, 1.165) is 26.2 Å². The number of pyridine rings is 1. The van der Waals surface area contributed by atoms with E-state index in [9.17, 15) is 10.1 Å². The lowest BCUT2D eigenvalue weighted by Crippen LogP contribution is -2.25. The lowest BCUT2D eigenvalue weighted by Gasteiger charge is -2.14. The molecule has 0 radical (unpaired) electrons. The number of nitrogens with one attached hydrogen (secondary N) is 1. The first-order chi connectivity index (χ1) is 10.2. The Labute approximate surface area is 121 Å². The molecular weight excluding hydrogens is 270 g/mol. The number of nitrogens with zero attached hydrogens (tertiary/aromatic N) is 4. The third-order valence-electron chi connectivity index (χ3n) is 4.59. The van der Waals surface area contributed by atoms with E-state index in [2.05, 4.69) is 15.2 Å². The lowest BCUT2D eigenvalue weighted by molar-refractivity contribution is -0.391. The van der Waals surface area contributed by atoms with E-state index in [-0.39, 0.29) is 10.7 Å². The molecule has 2 aromatic heterocycles. The summed E-state index contributed by atoms with van der Waals surface area (Å²) >= 11 is 0. The molecule has 21 heavy (non-hydrogen) atoms. The van der Waals surface area contributed by atoms with Gasteiger partial charge in [0.1, 0.15) is 0 Å². The van der Waals surface area contributed by atoms with E-state index in [4.69, 9.17) is 0 Å². The van der Waals surface area contributed by atoms with Crippen molar-refractivity contribution in [2.45, 2.75) is 6.54 Å². The molecule has 0 unspecified atom stereocenters. The molecule has 1 N–H and O–H groups in total. The summed E-state index contributed by atoms with van der Waals surface area (Å²) in [5.41, 5.74) is 1.21. The molecule has 4 rings (SSSR count). The van der Waals surface area contributed by atoms with Crippen LogP contribution in [0.15, 0.2) is 24.4 Å². The molecule has 2 fully saturated rings. The highest BCUT2D eigenvalue weighted by Crippen LogP contribution is 2.29. The Morgan fingerprint density at radius 3 is 2.81 bits per heavy atom. The van der Waals surface area contributed by atoms with Gasteiger partial charge in [-0.05, 0) is 35.9 Å². The van der Waals surface area contributed by atoms with Crippen LogP contribution in [-0.4, -0.2) is 45.4 Å². The quantitative estimate of drug-likeness (QED) is 0.670. The predicted molar refractivity (Wildman–Crippen MR) is 77.0 cm³/mol. The Bertz CT molecular complexity index is 686. The number of rotatable bonds is 3. The van der Waals surface area contributed by atoms with Crippen LogP contribution in [0.2, 0.25) is 0 Å². The molecule has 0 aromatic carbocycles. The molecule has 0 saturated carbocycles. The second kappa shape index (κ2) is 4.78. The lowest BCUT2D eigenvalue weighted by atomic mass is 10.0. The van der Waals surface area contributed by atoms with Crippen LogP contribution < -0.4 is 5.32 Å². The molecule has 7 nitrogen and oxygen atoms in total. The summed E-state index contributed by atoms with van der Waals surface area (Å²) in [6.45, 7) is 4.69. The van der Waals surface area contributed by atoms with Crippen LogP contribution in [0.25, 0.3) is 5.65 Å². The SMILES string of the molecule is O=[N+]([O-])c1c(CN2C[C@H]3CNC[C@H]3C2)nc2ccccn12. The first-order valence-corrected chi connectivity index (χ1v) is 7.26. The second-order valence-corrected chi connectivity index (χ2v) is 5.94. The van der Waals surface area contributed by atoms with Crippen molar-refractivity contribution in [1.29, 1.82) is 0 Å². The average molecular weight is 287 g/mol. The van der Waals surface area contributed by atoms with Crippen molar-refractivity contribution in [3.8, 4) is 0 Å². The number of fused-ring (bicyclic) bond motifs is 2. The first-order valence-electron chi connectivity index (χ1n) is 7.26. The highest BCUT2D eigenvalue weighted by Gasteiger charge is 2.37.